The molecule has 0 bridgehead atoms. The maximum atomic E-state index is 12.3. The summed E-state index contributed by atoms with van der Waals surface area (Å²) in [5.41, 5.74) is 0. The quantitative estimate of drug-likeness (QED) is 0.827. The van der Waals surface area contributed by atoms with Crippen molar-refractivity contribution in [3.63, 3.8) is 0 Å². The van der Waals surface area contributed by atoms with E-state index in [1.165, 1.54) is 0 Å². The van der Waals surface area contributed by atoms with Gasteiger partial charge in [-0.25, -0.2) is 8.78 Å². The van der Waals surface area contributed by atoms with E-state index in [4.69, 9.17) is 16.3 Å². The first-order valence-corrected chi connectivity index (χ1v) is 7.70. The van der Waals surface area contributed by atoms with Crippen LogP contribution in [0.2, 0.25) is 5.02 Å². The van der Waals surface area contributed by atoms with E-state index in [-0.39, 0.29) is 13.2 Å². The Morgan fingerprint density at radius 1 is 1.05 bits per heavy atom. The Morgan fingerprint density at radius 2 is 1.59 bits per heavy atom. The van der Waals surface area contributed by atoms with Gasteiger partial charge in [0.25, 0.3) is 6.43 Å². The molecule has 1 fully saturated rings. The standard InChI is InChI=1S/C15H21ClF2N2O2/c16-12-1-3-14(4-2-12)22-11-13(21)9-19-5-7-20(8-6-19)10-15(17)18/h1-4,13,15,21H,5-11H2. The minimum atomic E-state index is -2.29. The van der Waals surface area contributed by atoms with Crippen molar-refractivity contribution in [3.05, 3.63) is 29.3 Å². The van der Waals surface area contributed by atoms with Crippen molar-refractivity contribution in [1.29, 1.82) is 0 Å². The van der Waals surface area contributed by atoms with E-state index in [1.54, 1.807) is 29.2 Å². The molecule has 124 valence electrons. The van der Waals surface area contributed by atoms with E-state index in [1.807, 2.05) is 0 Å². The van der Waals surface area contributed by atoms with Crippen molar-refractivity contribution >= 4 is 11.6 Å². The van der Waals surface area contributed by atoms with Crippen LogP contribution >= 0.6 is 11.6 Å². The van der Waals surface area contributed by atoms with Gasteiger partial charge >= 0.3 is 0 Å². The number of rotatable bonds is 7. The van der Waals surface area contributed by atoms with Crippen LogP contribution in [0.4, 0.5) is 8.78 Å². The first-order valence-electron chi connectivity index (χ1n) is 7.32. The van der Waals surface area contributed by atoms with Gasteiger partial charge in [0.15, 0.2) is 0 Å². The Labute approximate surface area is 134 Å². The maximum Gasteiger partial charge on any atom is 0.251 e. The third kappa shape index (κ3) is 6.04. The Hall–Kier alpha value is -0.950. The second kappa shape index (κ2) is 8.62. The zero-order valence-electron chi connectivity index (χ0n) is 12.3. The lowest BCUT2D eigenvalue weighted by atomic mass is 10.2. The summed E-state index contributed by atoms with van der Waals surface area (Å²) in [4.78, 5) is 3.82. The van der Waals surface area contributed by atoms with Gasteiger partial charge in [-0.1, -0.05) is 11.6 Å². The van der Waals surface area contributed by atoms with Gasteiger partial charge in [-0.15, -0.1) is 0 Å². The number of aliphatic hydroxyl groups is 1. The fourth-order valence-electron chi connectivity index (χ4n) is 2.42. The summed E-state index contributed by atoms with van der Waals surface area (Å²) in [5.74, 6) is 0.658. The minimum Gasteiger partial charge on any atom is -0.491 e. The van der Waals surface area contributed by atoms with Gasteiger partial charge in [0.05, 0.1) is 6.54 Å². The summed E-state index contributed by atoms with van der Waals surface area (Å²) in [5, 5.41) is 10.6. The molecule has 1 aliphatic heterocycles. The third-order valence-corrected chi connectivity index (χ3v) is 3.84. The smallest absolute Gasteiger partial charge is 0.251 e. The fourth-order valence-corrected chi connectivity index (χ4v) is 2.55. The zero-order chi connectivity index (χ0) is 15.9. The molecule has 22 heavy (non-hydrogen) atoms. The van der Waals surface area contributed by atoms with Crippen molar-refractivity contribution < 1.29 is 18.6 Å². The van der Waals surface area contributed by atoms with Crippen LogP contribution in [0, 0.1) is 0 Å². The van der Waals surface area contributed by atoms with Crippen LogP contribution in [0.3, 0.4) is 0 Å². The monoisotopic (exact) mass is 334 g/mol. The molecule has 0 saturated carbocycles. The predicted octanol–water partition coefficient (Wildman–Crippen LogP) is 1.96. The van der Waals surface area contributed by atoms with Crippen LogP contribution in [0.5, 0.6) is 5.75 Å². The maximum absolute atomic E-state index is 12.3. The van der Waals surface area contributed by atoms with Crippen molar-refractivity contribution in [2.24, 2.45) is 0 Å². The molecule has 1 aromatic rings. The van der Waals surface area contributed by atoms with E-state index in [9.17, 15) is 13.9 Å². The van der Waals surface area contributed by atoms with E-state index in [0.29, 0.717) is 43.5 Å². The van der Waals surface area contributed by atoms with Crippen molar-refractivity contribution in [3.8, 4) is 5.75 Å². The van der Waals surface area contributed by atoms with E-state index in [2.05, 4.69) is 4.90 Å². The molecule has 2 rings (SSSR count). The Balaban J connectivity index is 1.65. The molecule has 1 N–H and O–H groups in total. The highest BCUT2D eigenvalue weighted by atomic mass is 35.5. The van der Waals surface area contributed by atoms with Gasteiger partial charge in [-0.3, -0.25) is 9.80 Å². The van der Waals surface area contributed by atoms with Gasteiger partial charge in [-0.2, -0.15) is 0 Å². The summed E-state index contributed by atoms with van der Waals surface area (Å²) >= 11 is 5.78. The van der Waals surface area contributed by atoms with Crippen molar-refractivity contribution in [2.75, 3.05) is 45.9 Å². The summed E-state index contributed by atoms with van der Waals surface area (Å²) < 4.78 is 30.1. The molecule has 4 nitrogen and oxygen atoms in total. The van der Waals surface area contributed by atoms with Gasteiger partial charge in [0.1, 0.15) is 18.5 Å². The van der Waals surface area contributed by atoms with E-state index < -0.39 is 12.5 Å². The van der Waals surface area contributed by atoms with Gasteiger partial charge < -0.3 is 9.84 Å². The molecule has 1 unspecified atom stereocenters. The summed E-state index contributed by atoms with van der Waals surface area (Å²) in [6, 6.07) is 6.95. The highest BCUT2D eigenvalue weighted by Gasteiger charge is 2.21. The molecule has 0 radical (unpaired) electrons. The average molecular weight is 335 g/mol. The van der Waals surface area contributed by atoms with Gasteiger partial charge in [0, 0.05) is 37.7 Å². The number of hydrogen-bond acceptors (Lipinski definition) is 4. The molecule has 1 heterocycles. The molecule has 0 spiro atoms. The predicted molar refractivity (Wildman–Crippen MR) is 81.8 cm³/mol. The number of aliphatic hydroxyl groups excluding tert-OH is 1. The number of nitrogens with zero attached hydrogens (tertiary/aromatic N) is 2. The highest BCUT2D eigenvalue weighted by molar-refractivity contribution is 6.30. The summed E-state index contributed by atoms with van der Waals surface area (Å²) in [6.07, 6.45) is -2.90. The topological polar surface area (TPSA) is 35.9 Å². The Morgan fingerprint density at radius 3 is 2.14 bits per heavy atom. The van der Waals surface area contributed by atoms with Gasteiger partial charge in [0.2, 0.25) is 0 Å². The minimum absolute atomic E-state index is 0.171. The number of β-amino-alcohol motifs (C(OH)–C–C–N with tert-alkyl or cyclic N) is 1. The second-order valence-corrected chi connectivity index (χ2v) is 5.85. The zero-order valence-corrected chi connectivity index (χ0v) is 13.1. The number of benzene rings is 1. The number of hydrogen-bond donors (Lipinski definition) is 1. The van der Waals surface area contributed by atoms with Crippen LogP contribution in [0.15, 0.2) is 24.3 Å². The van der Waals surface area contributed by atoms with Crippen LogP contribution in [0.1, 0.15) is 0 Å². The lowest BCUT2D eigenvalue weighted by Gasteiger charge is -2.35. The lowest BCUT2D eigenvalue weighted by molar-refractivity contribution is 0.0270. The number of piperazine rings is 1. The average Bonchev–Trinajstić information content (AvgIpc) is 2.48. The largest absolute Gasteiger partial charge is 0.491 e. The molecule has 0 aliphatic carbocycles. The number of halogens is 3. The van der Waals surface area contributed by atoms with Crippen molar-refractivity contribution in [2.45, 2.75) is 12.5 Å². The fraction of sp³-hybridized carbons (Fsp3) is 0.600. The second-order valence-electron chi connectivity index (χ2n) is 5.41. The summed E-state index contributed by atoms with van der Waals surface area (Å²) in [6.45, 7) is 3.09. The Kier molecular flexibility index (Phi) is 6.82. The van der Waals surface area contributed by atoms with E-state index >= 15 is 0 Å². The lowest BCUT2D eigenvalue weighted by Crippen LogP contribution is -2.50. The molecule has 1 atom stereocenters. The number of alkyl halides is 2. The molecule has 1 aromatic carbocycles. The van der Waals surface area contributed by atoms with Crippen LogP contribution < -0.4 is 4.74 Å². The highest BCUT2D eigenvalue weighted by Crippen LogP contribution is 2.15. The van der Waals surface area contributed by atoms with Crippen molar-refractivity contribution in [1.82, 2.24) is 9.80 Å². The summed E-state index contributed by atoms with van der Waals surface area (Å²) in [7, 11) is 0. The molecule has 7 heteroatoms. The molecular formula is C15H21ClF2N2O2. The van der Waals surface area contributed by atoms with Crippen LogP contribution in [-0.4, -0.2) is 73.3 Å². The molecule has 0 aromatic heterocycles. The normalized spacial score (nSPS) is 18.6. The molecule has 1 aliphatic rings. The SMILES string of the molecule is OC(COc1ccc(Cl)cc1)CN1CCN(CC(F)F)CC1. The molecular weight excluding hydrogens is 314 g/mol. The van der Waals surface area contributed by atoms with Crippen LogP contribution in [-0.2, 0) is 0 Å². The molecule has 0 amide bonds. The van der Waals surface area contributed by atoms with Gasteiger partial charge in [-0.05, 0) is 24.3 Å². The Bertz CT molecular complexity index is 440. The first-order chi connectivity index (χ1) is 10.5. The molecule has 1 saturated heterocycles. The number of ether oxygens (including phenoxy) is 1. The third-order valence-electron chi connectivity index (χ3n) is 3.59. The van der Waals surface area contributed by atoms with Crippen LogP contribution in [0.25, 0.3) is 0 Å². The van der Waals surface area contributed by atoms with E-state index in [0.717, 1.165) is 0 Å². The first kappa shape index (κ1) is 17.4.